The monoisotopic (exact) mass is 264 g/mol. The minimum absolute atomic E-state index is 0.0437. The SMILES string of the molecule is CCC1NC(=O)C(C)(C)N(Cc2ccn(C)n2)C1=O. The van der Waals surface area contributed by atoms with E-state index in [4.69, 9.17) is 0 Å². The molecule has 1 fully saturated rings. The van der Waals surface area contributed by atoms with Gasteiger partial charge in [-0.05, 0) is 26.3 Å². The van der Waals surface area contributed by atoms with Crippen LogP contribution in [0.3, 0.4) is 0 Å². The van der Waals surface area contributed by atoms with E-state index >= 15 is 0 Å². The summed E-state index contributed by atoms with van der Waals surface area (Å²) in [7, 11) is 1.83. The highest BCUT2D eigenvalue weighted by Crippen LogP contribution is 2.24. The second-order valence-corrected chi connectivity index (χ2v) is 5.40. The van der Waals surface area contributed by atoms with E-state index in [1.54, 1.807) is 23.4 Å². The number of nitrogens with zero attached hydrogens (tertiary/aromatic N) is 3. The summed E-state index contributed by atoms with van der Waals surface area (Å²) in [6.45, 7) is 5.76. The van der Waals surface area contributed by atoms with Crippen LogP contribution in [0, 0.1) is 0 Å². The highest BCUT2D eigenvalue weighted by atomic mass is 16.2. The van der Waals surface area contributed by atoms with E-state index in [1.807, 2.05) is 26.2 Å². The number of hydrogen-bond donors (Lipinski definition) is 1. The maximum Gasteiger partial charge on any atom is 0.246 e. The molecule has 2 heterocycles. The number of rotatable bonds is 3. The molecule has 0 aliphatic carbocycles. The molecule has 0 spiro atoms. The van der Waals surface area contributed by atoms with Crippen molar-refractivity contribution in [1.82, 2.24) is 20.0 Å². The number of carbonyl (C=O) groups excluding carboxylic acids is 2. The van der Waals surface area contributed by atoms with Gasteiger partial charge in [-0.15, -0.1) is 0 Å². The Morgan fingerprint density at radius 1 is 1.42 bits per heavy atom. The van der Waals surface area contributed by atoms with Gasteiger partial charge in [0.25, 0.3) is 0 Å². The van der Waals surface area contributed by atoms with Gasteiger partial charge >= 0.3 is 0 Å². The molecule has 1 atom stereocenters. The van der Waals surface area contributed by atoms with Gasteiger partial charge in [-0.1, -0.05) is 6.92 Å². The van der Waals surface area contributed by atoms with Crippen molar-refractivity contribution in [3.63, 3.8) is 0 Å². The standard InChI is InChI=1S/C13H20N4O2/c1-5-10-11(18)17(13(2,3)12(19)14-10)8-9-6-7-16(4)15-9/h6-7,10H,5,8H2,1-4H3,(H,14,19). The van der Waals surface area contributed by atoms with Crippen LogP contribution in [0.15, 0.2) is 12.3 Å². The summed E-state index contributed by atoms with van der Waals surface area (Å²) < 4.78 is 1.69. The number of aromatic nitrogens is 2. The smallest absolute Gasteiger partial charge is 0.246 e. The van der Waals surface area contributed by atoms with Crippen LogP contribution in [0.2, 0.25) is 0 Å². The molecule has 0 bridgehead atoms. The van der Waals surface area contributed by atoms with Gasteiger partial charge in [0, 0.05) is 13.2 Å². The molecular weight excluding hydrogens is 244 g/mol. The van der Waals surface area contributed by atoms with E-state index in [9.17, 15) is 9.59 Å². The number of carbonyl (C=O) groups is 2. The van der Waals surface area contributed by atoms with E-state index in [2.05, 4.69) is 10.4 Å². The first-order valence-electron chi connectivity index (χ1n) is 6.47. The maximum atomic E-state index is 12.4. The second-order valence-electron chi connectivity index (χ2n) is 5.40. The summed E-state index contributed by atoms with van der Waals surface area (Å²) in [6, 6.07) is 1.43. The predicted octanol–water partition coefficient (Wildman–Crippen LogP) is 0.436. The molecule has 0 radical (unpaired) electrons. The summed E-state index contributed by atoms with van der Waals surface area (Å²) in [5.74, 6) is -0.160. The first kappa shape index (κ1) is 13.6. The Balaban J connectivity index is 2.27. The third kappa shape index (κ3) is 2.34. The summed E-state index contributed by atoms with van der Waals surface area (Å²) in [6.07, 6.45) is 2.42. The van der Waals surface area contributed by atoms with Gasteiger partial charge in [0.05, 0.1) is 12.2 Å². The minimum atomic E-state index is -0.847. The largest absolute Gasteiger partial charge is 0.342 e. The third-order valence-electron chi connectivity index (χ3n) is 3.60. The fraction of sp³-hybridized carbons (Fsp3) is 0.615. The maximum absolute atomic E-state index is 12.4. The lowest BCUT2D eigenvalue weighted by atomic mass is 9.94. The van der Waals surface area contributed by atoms with Crippen LogP contribution in [0.25, 0.3) is 0 Å². The Kier molecular flexibility index (Phi) is 3.34. The van der Waals surface area contributed by atoms with E-state index < -0.39 is 11.6 Å². The van der Waals surface area contributed by atoms with Crippen LogP contribution >= 0.6 is 0 Å². The number of hydrogen-bond acceptors (Lipinski definition) is 3. The van der Waals surface area contributed by atoms with Crippen molar-refractivity contribution in [2.45, 2.75) is 45.3 Å². The molecule has 1 aromatic heterocycles. The molecular formula is C13H20N4O2. The molecule has 0 saturated carbocycles. The van der Waals surface area contributed by atoms with Crippen LogP contribution in [-0.2, 0) is 23.2 Å². The van der Waals surface area contributed by atoms with Gasteiger partial charge in [0.1, 0.15) is 11.6 Å². The van der Waals surface area contributed by atoms with Crippen molar-refractivity contribution >= 4 is 11.8 Å². The van der Waals surface area contributed by atoms with Crippen molar-refractivity contribution in [3.8, 4) is 0 Å². The lowest BCUT2D eigenvalue weighted by molar-refractivity contribution is -0.156. The van der Waals surface area contributed by atoms with Gasteiger partial charge in [0.15, 0.2) is 0 Å². The lowest BCUT2D eigenvalue weighted by Gasteiger charge is -2.43. The van der Waals surface area contributed by atoms with Gasteiger partial charge in [0.2, 0.25) is 11.8 Å². The van der Waals surface area contributed by atoms with E-state index in [0.717, 1.165) is 5.69 Å². The summed E-state index contributed by atoms with van der Waals surface area (Å²) in [5, 5.41) is 7.04. The van der Waals surface area contributed by atoms with Crippen LogP contribution in [0.1, 0.15) is 32.9 Å². The Morgan fingerprint density at radius 3 is 2.63 bits per heavy atom. The average Bonchev–Trinajstić information content (AvgIpc) is 2.75. The minimum Gasteiger partial charge on any atom is -0.342 e. The number of amides is 2. The van der Waals surface area contributed by atoms with Crippen molar-refractivity contribution in [3.05, 3.63) is 18.0 Å². The zero-order valence-corrected chi connectivity index (χ0v) is 11.8. The second kappa shape index (κ2) is 4.68. The van der Waals surface area contributed by atoms with Crippen molar-refractivity contribution < 1.29 is 9.59 Å². The van der Waals surface area contributed by atoms with Crippen molar-refractivity contribution in [2.75, 3.05) is 0 Å². The molecule has 1 aliphatic rings. The number of piperazine rings is 1. The molecule has 6 nitrogen and oxygen atoms in total. The predicted molar refractivity (Wildman–Crippen MR) is 70.1 cm³/mol. The third-order valence-corrected chi connectivity index (χ3v) is 3.60. The molecule has 0 aromatic carbocycles. The van der Waals surface area contributed by atoms with Crippen LogP contribution in [-0.4, -0.2) is 38.1 Å². The van der Waals surface area contributed by atoms with Gasteiger partial charge in [-0.3, -0.25) is 14.3 Å². The summed E-state index contributed by atoms with van der Waals surface area (Å²) >= 11 is 0. The normalized spacial score (nSPS) is 22.5. The van der Waals surface area contributed by atoms with Gasteiger partial charge in [-0.2, -0.15) is 5.10 Å². The van der Waals surface area contributed by atoms with Gasteiger partial charge < -0.3 is 10.2 Å². The zero-order chi connectivity index (χ0) is 14.2. The van der Waals surface area contributed by atoms with Gasteiger partial charge in [-0.25, -0.2) is 0 Å². The molecule has 2 rings (SSSR count). The molecule has 1 saturated heterocycles. The molecule has 2 amide bonds. The zero-order valence-electron chi connectivity index (χ0n) is 11.8. The summed E-state index contributed by atoms with van der Waals surface area (Å²) in [4.78, 5) is 26.1. The molecule has 6 heteroatoms. The quantitative estimate of drug-likeness (QED) is 0.861. The lowest BCUT2D eigenvalue weighted by Crippen LogP contribution is -2.67. The average molecular weight is 264 g/mol. The Morgan fingerprint density at radius 2 is 2.11 bits per heavy atom. The fourth-order valence-electron chi connectivity index (χ4n) is 2.24. The first-order chi connectivity index (χ1) is 8.86. The Labute approximate surface area is 112 Å². The first-order valence-corrected chi connectivity index (χ1v) is 6.47. The van der Waals surface area contributed by atoms with E-state index in [-0.39, 0.29) is 11.8 Å². The molecule has 104 valence electrons. The topological polar surface area (TPSA) is 67.2 Å². The highest BCUT2D eigenvalue weighted by molar-refractivity contribution is 5.99. The molecule has 1 N–H and O–H groups in total. The highest BCUT2D eigenvalue weighted by Gasteiger charge is 2.45. The van der Waals surface area contributed by atoms with Crippen molar-refractivity contribution in [2.24, 2.45) is 7.05 Å². The van der Waals surface area contributed by atoms with E-state index in [0.29, 0.717) is 13.0 Å². The van der Waals surface area contributed by atoms with Crippen LogP contribution < -0.4 is 5.32 Å². The van der Waals surface area contributed by atoms with Crippen LogP contribution in [0.4, 0.5) is 0 Å². The number of nitrogens with one attached hydrogen (secondary N) is 1. The molecule has 19 heavy (non-hydrogen) atoms. The summed E-state index contributed by atoms with van der Waals surface area (Å²) in [5.41, 5.74) is -0.0613. The number of aryl methyl sites for hydroxylation is 1. The van der Waals surface area contributed by atoms with E-state index in [1.165, 1.54) is 0 Å². The molecule has 1 unspecified atom stereocenters. The molecule has 1 aliphatic heterocycles. The van der Waals surface area contributed by atoms with Crippen molar-refractivity contribution in [1.29, 1.82) is 0 Å². The molecule has 1 aromatic rings. The Hall–Kier alpha value is -1.85. The van der Waals surface area contributed by atoms with Crippen LogP contribution in [0.5, 0.6) is 0 Å². The Bertz CT molecular complexity index is 506. The fourth-order valence-corrected chi connectivity index (χ4v) is 2.24.